The van der Waals surface area contributed by atoms with E-state index in [0.717, 1.165) is 38.5 Å². The molecule has 0 aliphatic heterocycles. The average Bonchev–Trinajstić information content (AvgIpc) is 2.44. The van der Waals surface area contributed by atoms with Gasteiger partial charge in [0.2, 0.25) is 0 Å². The van der Waals surface area contributed by atoms with Gasteiger partial charge < -0.3 is 15.5 Å². The summed E-state index contributed by atoms with van der Waals surface area (Å²) in [5, 5.41) is 24.0. The average molecular weight is 289 g/mol. The van der Waals surface area contributed by atoms with E-state index >= 15 is 0 Å². The fourth-order valence-electron chi connectivity index (χ4n) is 4.12. The number of hydrogen-bond donors (Lipinski definition) is 3. The van der Waals surface area contributed by atoms with Crippen molar-refractivity contribution in [3.8, 4) is 5.75 Å². The predicted octanol–water partition coefficient (Wildman–Crippen LogP) is 3.30. The molecule has 0 spiro atoms. The van der Waals surface area contributed by atoms with Crippen LogP contribution in [0.2, 0.25) is 0 Å². The van der Waals surface area contributed by atoms with Gasteiger partial charge in [0.25, 0.3) is 0 Å². The second-order valence-electron chi connectivity index (χ2n) is 7.13. The van der Waals surface area contributed by atoms with E-state index < -0.39 is 5.60 Å². The largest absolute Gasteiger partial charge is 0.508 e. The van der Waals surface area contributed by atoms with E-state index in [2.05, 4.69) is 12.2 Å². The Labute approximate surface area is 127 Å². The van der Waals surface area contributed by atoms with Gasteiger partial charge in [0, 0.05) is 12.6 Å². The van der Waals surface area contributed by atoms with E-state index in [4.69, 9.17) is 0 Å². The lowest BCUT2D eigenvalue weighted by molar-refractivity contribution is -0.0141. The summed E-state index contributed by atoms with van der Waals surface area (Å²) >= 11 is 0. The highest BCUT2D eigenvalue weighted by Gasteiger charge is 2.33. The zero-order valence-corrected chi connectivity index (χ0v) is 12.9. The molecule has 3 heteroatoms. The minimum Gasteiger partial charge on any atom is -0.508 e. The Kier molecular flexibility index (Phi) is 4.23. The van der Waals surface area contributed by atoms with Crippen LogP contribution >= 0.6 is 0 Å². The van der Waals surface area contributed by atoms with Crippen molar-refractivity contribution in [1.82, 2.24) is 5.32 Å². The molecule has 1 aromatic carbocycles. The molecule has 3 N–H and O–H groups in total. The zero-order valence-electron chi connectivity index (χ0n) is 12.9. The molecule has 1 aromatic rings. The maximum Gasteiger partial charge on any atom is 0.115 e. The molecule has 3 nitrogen and oxygen atoms in total. The predicted molar refractivity (Wildman–Crippen MR) is 84.4 cm³/mol. The molecule has 2 aliphatic carbocycles. The number of nitrogens with one attached hydrogen (secondary N) is 1. The van der Waals surface area contributed by atoms with E-state index in [1.54, 1.807) is 6.07 Å². The first-order chi connectivity index (χ1) is 10.1. The second kappa shape index (κ2) is 5.98. The van der Waals surface area contributed by atoms with E-state index in [0.29, 0.717) is 24.3 Å². The zero-order chi connectivity index (χ0) is 14.9. The molecule has 3 unspecified atom stereocenters. The smallest absolute Gasteiger partial charge is 0.115 e. The number of aryl methyl sites for hydroxylation is 1. The SMILES string of the molecule is CC1CCCC(O)(CNC2CCCc3cc(O)ccc32)C1. The van der Waals surface area contributed by atoms with Gasteiger partial charge in [-0.3, -0.25) is 0 Å². The van der Waals surface area contributed by atoms with Gasteiger partial charge in [0.05, 0.1) is 5.60 Å². The van der Waals surface area contributed by atoms with Gasteiger partial charge in [0.1, 0.15) is 5.75 Å². The maximum absolute atomic E-state index is 10.8. The van der Waals surface area contributed by atoms with Gasteiger partial charge in [-0.2, -0.15) is 0 Å². The summed E-state index contributed by atoms with van der Waals surface area (Å²) in [6.45, 7) is 2.92. The quantitative estimate of drug-likeness (QED) is 0.800. The number of phenolic OH excluding ortho intramolecular Hbond substituents is 1. The van der Waals surface area contributed by atoms with Crippen molar-refractivity contribution in [2.24, 2.45) is 5.92 Å². The van der Waals surface area contributed by atoms with Gasteiger partial charge in [-0.1, -0.05) is 25.8 Å². The van der Waals surface area contributed by atoms with E-state index in [1.807, 2.05) is 12.1 Å². The molecule has 3 atom stereocenters. The lowest BCUT2D eigenvalue weighted by atomic mass is 9.78. The summed E-state index contributed by atoms with van der Waals surface area (Å²) in [4.78, 5) is 0. The van der Waals surface area contributed by atoms with E-state index in [-0.39, 0.29) is 0 Å². The summed E-state index contributed by atoms with van der Waals surface area (Å²) in [7, 11) is 0. The van der Waals surface area contributed by atoms with Crippen molar-refractivity contribution in [3.63, 3.8) is 0 Å². The lowest BCUT2D eigenvalue weighted by Crippen LogP contribution is -2.45. The Hall–Kier alpha value is -1.06. The number of aromatic hydroxyl groups is 1. The lowest BCUT2D eigenvalue weighted by Gasteiger charge is -2.37. The molecule has 116 valence electrons. The van der Waals surface area contributed by atoms with Crippen LogP contribution in [0.4, 0.5) is 0 Å². The molecule has 0 radical (unpaired) electrons. The molecule has 0 amide bonds. The number of aliphatic hydroxyl groups is 1. The summed E-state index contributed by atoms with van der Waals surface area (Å²) in [6.07, 6.45) is 7.51. The Morgan fingerprint density at radius 3 is 2.95 bits per heavy atom. The highest BCUT2D eigenvalue weighted by molar-refractivity contribution is 5.38. The number of fused-ring (bicyclic) bond motifs is 1. The minimum atomic E-state index is -0.536. The number of benzene rings is 1. The number of hydrogen-bond acceptors (Lipinski definition) is 3. The van der Waals surface area contributed by atoms with Gasteiger partial charge in [0.15, 0.2) is 0 Å². The summed E-state index contributed by atoms with van der Waals surface area (Å²) < 4.78 is 0. The third-order valence-electron chi connectivity index (χ3n) is 5.19. The van der Waals surface area contributed by atoms with E-state index in [1.165, 1.54) is 17.5 Å². The topological polar surface area (TPSA) is 52.5 Å². The van der Waals surface area contributed by atoms with Crippen molar-refractivity contribution in [2.75, 3.05) is 6.54 Å². The number of rotatable bonds is 3. The molecule has 0 saturated heterocycles. The summed E-state index contributed by atoms with van der Waals surface area (Å²) in [5.74, 6) is 0.982. The Bertz CT molecular complexity index is 502. The molecule has 1 fully saturated rings. The van der Waals surface area contributed by atoms with Crippen molar-refractivity contribution in [1.29, 1.82) is 0 Å². The first-order valence-electron chi connectivity index (χ1n) is 8.33. The third-order valence-corrected chi connectivity index (χ3v) is 5.19. The molecule has 21 heavy (non-hydrogen) atoms. The van der Waals surface area contributed by atoms with Crippen LogP contribution in [-0.2, 0) is 6.42 Å². The molecule has 2 aliphatic rings. The second-order valence-corrected chi connectivity index (χ2v) is 7.13. The maximum atomic E-state index is 10.8. The normalized spacial score (nSPS) is 32.7. The third kappa shape index (κ3) is 3.41. The van der Waals surface area contributed by atoms with Crippen LogP contribution in [0, 0.1) is 5.92 Å². The van der Waals surface area contributed by atoms with Gasteiger partial charge in [-0.15, -0.1) is 0 Å². The van der Waals surface area contributed by atoms with Crippen LogP contribution in [0.1, 0.15) is 62.6 Å². The molecule has 3 rings (SSSR count). The molecular formula is C18H27NO2. The standard InChI is InChI=1S/C18H27NO2/c1-13-4-3-9-18(21,11-13)12-19-17-6-2-5-14-10-15(20)7-8-16(14)17/h7-8,10,13,17,19-21H,2-6,9,11-12H2,1H3. The first-order valence-corrected chi connectivity index (χ1v) is 8.33. The van der Waals surface area contributed by atoms with Crippen LogP contribution < -0.4 is 5.32 Å². The van der Waals surface area contributed by atoms with Crippen LogP contribution in [0.3, 0.4) is 0 Å². The summed E-state index contributed by atoms with van der Waals surface area (Å²) in [6, 6.07) is 6.02. The molecule has 1 saturated carbocycles. The highest BCUT2D eigenvalue weighted by Crippen LogP contribution is 2.35. The fourth-order valence-corrected chi connectivity index (χ4v) is 4.12. The number of phenols is 1. The molecular weight excluding hydrogens is 262 g/mol. The monoisotopic (exact) mass is 289 g/mol. The summed E-state index contributed by atoms with van der Waals surface area (Å²) in [5.41, 5.74) is 2.01. The Morgan fingerprint density at radius 1 is 1.29 bits per heavy atom. The molecule has 0 bridgehead atoms. The van der Waals surface area contributed by atoms with E-state index in [9.17, 15) is 10.2 Å². The van der Waals surface area contributed by atoms with Crippen LogP contribution in [0.15, 0.2) is 18.2 Å². The van der Waals surface area contributed by atoms with Crippen molar-refractivity contribution in [3.05, 3.63) is 29.3 Å². The Balaban J connectivity index is 1.66. The van der Waals surface area contributed by atoms with Crippen molar-refractivity contribution >= 4 is 0 Å². The van der Waals surface area contributed by atoms with Gasteiger partial charge in [-0.05, 0) is 61.3 Å². The van der Waals surface area contributed by atoms with Crippen molar-refractivity contribution in [2.45, 2.75) is 63.5 Å². The van der Waals surface area contributed by atoms with Gasteiger partial charge in [-0.25, -0.2) is 0 Å². The first kappa shape index (κ1) is 14.9. The van der Waals surface area contributed by atoms with Crippen molar-refractivity contribution < 1.29 is 10.2 Å². The Morgan fingerprint density at radius 2 is 2.14 bits per heavy atom. The highest BCUT2D eigenvalue weighted by atomic mass is 16.3. The minimum absolute atomic E-state index is 0.315. The van der Waals surface area contributed by atoms with Crippen LogP contribution in [-0.4, -0.2) is 22.4 Å². The molecule has 0 aromatic heterocycles. The van der Waals surface area contributed by atoms with Gasteiger partial charge >= 0.3 is 0 Å². The molecule has 0 heterocycles. The van der Waals surface area contributed by atoms with Crippen LogP contribution in [0.25, 0.3) is 0 Å². The fraction of sp³-hybridized carbons (Fsp3) is 0.667. The van der Waals surface area contributed by atoms with Crippen LogP contribution in [0.5, 0.6) is 5.75 Å².